The molecule has 1 aliphatic rings. The Hall–Kier alpha value is -2.91. The first-order chi connectivity index (χ1) is 11.9. The third kappa shape index (κ3) is 3.32. The average Bonchev–Trinajstić information content (AvgIpc) is 3.02. The molecule has 0 atom stereocenters. The molecule has 25 heavy (non-hydrogen) atoms. The summed E-state index contributed by atoms with van der Waals surface area (Å²) >= 11 is 5.99. The molecule has 0 radical (unpaired) electrons. The predicted octanol–water partition coefficient (Wildman–Crippen LogP) is 2.80. The van der Waals surface area contributed by atoms with E-state index in [-0.39, 0.29) is 15.7 Å². The van der Waals surface area contributed by atoms with Crippen molar-refractivity contribution in [3.05, 3.63) is 62.5 Å². The van der Waals surface area contributed by atoms with Gasteiger partial charge in [0, 0.05) is 10.9 Å². The summed E-state index contributed by atoms with van der Waals surface area (Å²) < 4.78 is 0. The number of thiocarbonyl (C=S) groups is 1. The summed E-state index contributed by atoms with van der Waals surface area (Å²) in [7, 11) is 0. The zero-order valence-corrected chi connectivity index (χ0v) is 14.5. The topological polar surface area (TPSA) is 92.6 Å². The molecule has 0 spiro atoms. The summed E-state index contributed by atoms with van der Waals surface area (Å²) in [4.78, 5) is 36.8. The molecule has 1 fully saturated rings. The van der Waals surface area contributed by atoms with Crippen LogP contribution in [0.2, 0.25) is 0 Å². The fourth-order valence-electron chi connectivity index (χ4n) is 2.25. The highest BCUT2D eigenvalue weighted by Crippen LogP contribution is 2.28. The predicted molar refractivity (Wildman–Crippen MR) is 98.4 cm³/mol. The number of rotatable bonds is 3. The molecule has 3 rings (SSSR count). The molecular weight excluding hydrogens is 362 g/mol. The molecule has 9 heteroatoms. The highest BCUT2D eigenvalue weighted by molar-refractivity contribution is 7.80. The maximum Gasteiger partial charge on any atom is 0.324 e. The minimum atomic E-state index is -0.630. The summed E-state index contributed by atoms with van der Waals surface area (Å²) in [6.07, 6.45) is 1.33. The van der Waals surface area contributed by atoms with Crippen molar-refractivity contribution in [2.24, 2.45) is 0 Å². The molecule has 0 aliphatic carbocycles. The van der Waals surface area contributed by atoms with Gasteiger partial charge < -0.3 is 0 Å². The monoisotopic (exact) mass is 373 g/mol. The van der Waals surface area contributed by atoms with Gasteiger partial charge >= 0.3 is 5.00 Å². The van der Waals surface area contributed by atoms with Gasteiger partial charge in [0.05, 0.1) is 10.6 Å². The van der Waals surface area contributed by atoms with Crippen molar-refractivity contribution in [1.29, 1.82) is 0 Å². The first-order valence-electron chi connectivity index (χ1n) is 7.09. The number of thiophene rings is 1. The molecule has 0 saturated carbocycles. The van der Waals surface area contributed by atoms with Crippen LogP contribution in [0, 0.1) is 17.0 Å². The van der Waals surface area contributed by atoms with Gasteiger partial charge in [0.25, 0.3) is 11.8 Å². The van der Waals surface area contributed by atoms with Crippen molar-refractivity contribution in [3.8, 4) is 0 Å². The van der Waals surface area contributed by atoms with Gasteiger partial charge in [-0.25, -0.2) is 0 Å². The van der Waals surface area contributed by atoms with E-state index in [1.807, 2.05) is 19.1 Å². The standard InChI is InChI=1S/C16H11N3O4S2/c1-9-2-4-10(5-3-9)18-15(21)12(14(20)17-16(18)24)8-11-6-7-13(25-11)19(22)23/h2-8H,1H3,(H,17,20,24). The van der Waals surface area contributed by atoms with E-state index in [0.717, 1.165) is 16.9 Å². The van der Waals surface area contributed by atoms with Gasteiger partial charge in [0.1, 0.15) is 5.57 Å². The Morgan fingerprint density at radius 2 is 1.88 bits per heavy atom. The molecule has 126 valence electrons. The van der Waals surface area contributed by atoms with Crippen LogP contribution in [0.3, 0.4) is 0 Å². The van der Waals surface area contributed by atoms with Crippen molar-refractivity contribution in [3.63, 3.8) is 0 Å². The maximum atomic E-state index is 12.8. The Morgan fingerprint density at radius 3 is 2.48 bits per heavy atom. The fourth-order valence-corrected chi connectivity index (χ4v) is 3.29. The Bertz CT molecular complexity index is 931. The first kappa shape index (κ1) is 16.9. The number of amides is 2. The summed E-state index contributed by atoms with van der Waals surface area (Å²) in [5, 5.41) is 13.2. The lowest BCUT2D eigenvalue weighted by Gasteiger charge is -2.28. The lowest BCUT2D eigenvalue weighted by atomic mass is 10.1. The second-order valence-electron chi connectivity index (χ2n) is 5.23. The molecule has 0 unspecified atom stereocenters. The van der Waals surface area contributed by atoms with Crippen LogP contribution < -0.4 is 10.2 Å². The van der Waals surface area contributed by atoms with E-state index in [9.17, 15) is 19.7 Å². The van der Waals surface area contributed by atoms with E-state index >= 15 is 0 Å². The number of carbonyl (C=O) groups excluding carboxylic acids is 2. The summed E-state index contributed by atoms with van der Waals surface area (Å²) in [6.45, 7) is 1.91. The van der Waals surface area contributed by atoms with E-state index in [2.05, 4.69) is 5.32 Å². The third-order valence-corrected chi connectivity index (χ3v) is 4.74. The van der Waals surface area contributed by atoms with E-state index in [0.29, 0.717) is 10.6 Å². The van der Waals surface area contributed by atoms with Crippen molar-refractivity contribution in [1.82, 2.24) is 5.32 Å². The number of carbonyl (C=O) groups is 2. The zero-order chi connectivity index (χ0) is 18.1. The molecular formula is C16H11N3O4S2. The number of anilines is 1. The second kappa shape index (κ2) is 6.54. The van der Waals surface area contributed by atoms with Crippen molar-refractivity contribution >= 4 is 57.2 Å². The summed E-state index contributed by atoms with van der Waals surface area (Å²) in [5.74, 6) is -1.21. The number of nitrogens with one attached hydrogen (secondary N) is 1. The summed E-state index contributed by atoms with van der Waals surface area (Å²) in [5.41, 5.74) is 1.42. The molecule has 0 bridgehead atoms. The lowest BCUT2D eigenvalue weighted by molar-refractivity contribution is -0.380. The Morgan fingerprint density at radius 1 is 1.20 bits per heavy atom. The van der Waals surface area contributed by atoms with E-state index < -0.39 is 16.7 Å². The maximum absolute atomic E-state index is 12.8. The molecule has 1 aliphatic heterocycles. The number of nitro groups is 1. The second-order valence-corrected chi connectivity index (χ2v) is 6.71. The highest BCUT2D eigenvalue weighted by atomic mass is 32.1. The van der Waals surface area contributed by atoms with Crippen LogP contribution in [0.15, 0.2) is 42.0 Å². The van der Waals surface area contributed by atoms with E-state index in [4.69, 9.17) is 12.2 Å². The largest absolute Gasteiger partial charge is 0.324 e. The van der Waals surface area contributed by atoms with Gasteiger partial charge in [0.2, 0.25) is 0 Å². The number of hydrogen-bond acceptors (Lipinski definition) is 6. The molecule has 2 amide bonds. The molecule has 2 heterocycles. The number of aryl methyl sites for hydroxylation is 1. The van der Waals surface area contributed by atoms with Gasteiger partial charge in [-0.2, -0.15) is 0 Å². The average molecular weight is 373 g/mol. The van der Waals surface area contributed by atoms with Crippen LogP contribution in [0.4, 0.5) is 10.7 Å². The zero-order valence-electron chi connectivity index (χ0n) is 12.9. The van der Waals surface area contributed by atoms with E-state index in [1.54, 1.807) is 12.1 Å². The van der Waals surface area contributed by atoms with Crippen LogP contribution in [0.25, 0.3) is 6.08 Å². The molecule has 2 aromatic rings. The molecule has 1 aromatic carbocycles. The van der Waals surface area contributed by atoms with Crippen molar-refractivity contribution < 1.29 is 14.5 Å². The van der Waals surface area contributed by atoms with Crippen LogP contribution in [0.5, 0.6) is 0 Å². The minimum Gasteiger partial charge on any atom is -0.298 e. The quantitative estimate of drug-likeness (QED) is 0.294. The SMILES string of the molecule is Cc1ccc(N2C(=O)C(=Cc3ccc([N+](=O)[O-])s3)C(=O)NC2=S)cc1. The molecule has 1 saturated heterocycles. The smallest absolute Gasteiger partial charge is 0.298 e. The lowest BCUT2D eigenvalue weighted by Crippen LogP contribution is -2.54. The number of hydrogen-bond donors (Lipinski definition) is 1. The van der Waals surface area contributed by atoms with Gasteiger partial charge in [-0.15, -0.1) is 0 Å². The van der Waals surface area contributed by atoms with Gasteiger partial charge in [-0.3, -0.25) is 29.9 Å². The molecule has 7 nitrogen and oxygen atoms in total. The minimum absolute atomic E-state index is 0.00633. The first-order valence-corrected chi connectivity index (χ1v) is 8.31. The van der Waals surface area contributed by atoms with Crippen molar-refractivity contribution in [2.75, 3.05) is 4.90 Å². The van der Waals surface area contributed by atoms with Gasteiger partial charge in [-0.05, 0) is 43.4 Å². The Kier molecular flexibility index (Phi) is 4.43. The number of benzene rings is 1. The molecule has 1 N–H and O–H groups in total. The molecule has 1 aromatic heterocycles. The van der Waals surface area contributed by atoms with Crippen LogP contribution >= 0.6 is 23.6 Å². The van der Waals surface area contributed by atoms with Crippen LogP contribution in [0.1, 0.15) is 10.4 Å². The van der Waals surface area contributed by atoms with Gasteiger partial charge in [0.15, 0.2) is 5.11 Å². The van der Waals surface area contributed by atoms with Crippen LogP contribution in [-0.2, 0) is 9.59 Å². The summed E-state index contributed by atoms with van der Waals surface area (Å²) in [6, 6.07) is 9.92. The van der Waals surface area contributed by atoms with Crippen LogP contribution in [-0.4, -0.2) is 21.9 Å². The third-order valence-electron chi connectivity index (χ3n) is 3.47. The van der Waals surface area contributed by atoms with Gasteiger partial charge in [-0.1, -0.05) is 29.0 Å². The fraction of sp³-hybridized carbons (Fsp3) is 0.0625. The number of nitrogens with zero attached hydrogens (tertiary/aromatic N) is 2. The normalized spacial score (nSPS) is 16.3. The van der Waals surface area contributed by atoms with E-state index in [1.165, 1.54) is 23.1 Å². The van der Waals surface area contributed by atoms with Crippen molar-refractivity contribution in [2.45, 2.75) is 6.92 Å². The Labute approximate surface area is 151 Å². The Balaban J connectivity index is 1.98. The highest BCUT2D eigenvalue weighted by Gasteiger charge is 2.34.